The molecule has 2 heterocycles. The van der Waals surface area contributed by atoms with Crippen molar-refractivity contribution in [1.29, 1.82) is 0 Å². The number of hydrogen-bond donors (Lipinski definition) is 8. The molecular weight excluding hydrogens is 408 g/mol. The van der Waals surface area contributed by atoms with Crippen LogP contribution in [0.5, 0.6) is 0 Å². The van der Waals surface area contributed by atoms with Gasteiger partial charge in [-0.2, -0.15) is 0 Å². The van der Waals surface area contributed by atoms with E-state index in [9.17, 15) is 19.8 Å². The zero-order chi connectivity index (χ0) is 20.3. The number of carboxylic acids is 2. The molecule has 2 saturated heterocycles. The molecule has 8 N–H and O–H groups in total. The summed E-state index contributed by atoms with van der Waals surface area (Å²) in [4.78, 5) is 20.5. The van der Waals surface area contributed by atoms with Gasteiger partial charge in [-0.1, -0.05) is 0 Å². The van der Waals surface area contributed by atoms with Gasteiger partial charge in [0.15, 0.2) is 12.6 Å². The van der Waals surface area contributed by atoms with Gasteiger partial charge in [0.25, 0.3) is 0 Å². The van der Waals surface area contributed by atoms with Gasteiger partial charge in [-0.05, 0) is 0 Å². The molecule has 0 amide bonds. The number of ether oxygens (including phenoxy) is 2. The Bertz CT molecular complexity index is 460. The van der Waals surface area contributed by atoms with Gasteiger partial charge in [-0.3, -0.25) is 0 Å². The summed E-state index contributed by atoms with van der Waals surface area (Å²) in [5.41, 5.74) is 0. The number of carbonyl (C=O) groups is 2. The molecule has 0 aromatic carbocycles. The van der Waals surface area contributed by atoms with Crippen LogP contribution >= 0.6 is 0 Å². The van der Waals surface area contributed by atoms with Crippen molar-refractivity contribution < 1.29 is 70.1 Å². The van der Waals surface area contributed by atoms with Gasteiger partial charge in [0.1, 0.15) is 48.8 Å². The van der Waals surface area contributed by atoms with E-state index >= 15 is 0 Å². The van der Waals surface area contributed by atoms with Crippen LogP contribution in [0.1, 0.15) is 0 Å². The SMILES string of the molecule is O=C([O-])[C@@H]1O[C@@H](O)[C@@H](O)[C@@H](O)[C@@H]1O.O=C([O-])[C@@H]1O[C@@H](O)[C@@H](O)[C@@H](O)[C@@H]1O.[Ca+2]. The van der Waals surface area contributed by atoms with E-state index in [0.717, 1.165) is 0 Å². The fraction of sp³-hybridized carbons (Fsp3) is 0.833. The van der Waals surface area contributed by atoms with Crippen molar-refractivity contribution in [1.82, 2.24) is 0 Å². The number of rotatable bonds is 2. The first-order valence-corrected chi connectivity index (χ1v) is 7.07. The molecule has 2 aliphatic heterocycles. The summed E-state index contributed by atoms with van der Waals surface area (Å²) in [6.45, 7) is 0. The molecule has 0 aromatic rings. The molecule has 2 fully saturated rings. The van der Waals surface area contributed by atoms with Crippen LogP contribution in [0.15, 0.2) is 0 Å². The first kappa shape index (κ1) is 26.8. The quantitative estimate of drug-likeness (QED) is 0.191. The monoisotopic (exact) mass is 426 g/mol. The fourth-order valence-electron chi connectivity index (χ4n) is 2.11. The van der Waals surface area contributed by atoms with Crippen molar-refractivity contribution in [3.8, 4) is 0 Å². The zero-order valence-corrected chi connectivity index (χ0v) is 15.7. The maximum absolute atomic E-state index is 10.3. The van der Waals surface area contributed by atoms with Gasteiger partial charge in [-0.15, -0.1) is 0 Å². The molecule has 0 aromatic heterocycles. The van der Waals surface area contributed by atoms with Crippen LogP contribution in [0.4, 0.5) is 0 Å². The number of hydrogen-bond acceptors (Lipinski definition) is 14. The van der Waals surface area contributed by atoms with E-state index in [1.807, 2.05) is 0 Å². The maximum atomic E-state index is 10.3. The Kier molecular flexibility index (Phi) is 11.0. The normalized spacial score (nSPS) is 44.3. The second-order valence-electron chi connectivity index (χ2n) is 5.48. The van der Waals surface area contributed by atoms with Crippen molar-refractivity contribution in [2.45, 2.75) is 61.4 Å². The van der Waals surface area contributed by atoms with Crippen molar-refractivity contribution in [3.05, 3.63) is 0 Å². The van der Waals surface area contributed by atoms with Crippen LogP contribution in [0.2, 0.25) is 0 Å². The maximum Gasteiger partial charge on any atom is 2.00 e. The minimum Gasteiger partial charge on any atom is -0.547 e. The fourth-order valence-corrected chi connectivity index (χ4v) is 2.11. The van der Waals surface area contributed by atoms with Crippen LogP contribution in [-0.2, 0) is 19.1 Å². The summed E-state index contributed by atoms with van der Waals surface area (Å²) in [5, 5.41) is 92.1. The van der Waals surface area contributed by atoms with Crippen molar-refractivity contribution in [2.24, 2.45) is 0 Å². The van der Waals surface area contributed by atoms with Crippen molar-refractivity contribution in [2.75, 3.05) is 0 Å². The molecule has 0 radical (unpaired) electrons. The molecule has 0 saturated carbocycles. The molecule has 2 aliphatic rings. The van der Waals surface area contributed by atoms with E-state index in [-0.39, 0.29) is 37.7 Å². The predicted octanol–water partition coefficient (Wildman–Crippen LogP) is -9.31. The minimum absolute atomic E-state index is 0. The predicted molar refractivity (Wildman–Crippen MR) is 73.6 cm³/mol. The largest absolute Gasteiger partial charge is 2.00 e. The van der Waals surface area contributed by atoms with E-state index in [4.69, 9.17) is 40.9 Å². The molecule has 14 nitrogen and oxygen atoms in total. The van der Waals surface area contributed by atoms with Crippen LogP contribution in [0.25, 0.3) is 0 Å². The van der Waals surface area contributed by atoms with Gasteiger partial charge >= 0.3 is 37.7 Å². The zero-order valence-electron chi connectivity index (χ0n) is 13.5. The summed E-state index contributed by atoms with van der Waals surface area (Å²) in [5.74, 6) is -3.53. The Labute approximate surface area is 180 Å². The summed E-state index contributed by atoms with van der Waals surface area (Å²) in [6.07, 6.45) is -18.0. The Morgan fingerprint density at radius 1 is 0.556 bits per heavy atom. The minimum atomic E-state index is -1.85. The molecule has 0 unspecified atom stereocenters. The number of carbonyl (C=O) groups excluding carboxylic acids is 2. The molecule has 0 bridgehead atoms. The summed E-state index contributed by atoms with van der Waals surface area (Å²) in [6, 6.07) is 0. The third-order valence-electron chi connectivity index (χ3n) is 3.64. The van der Waals surface area contributed by atoms with E-state index in [1.54, 1.807) is 0 Å². The Balaban J connectivity index is 0.000000483. The van der Waals surface area contributed by atoms with E-state index in [2.05, 4.69) is 9.47 Å². The molecule has 0 spiro atoms. The van der Waals surface area contributed by atoms with Gasteiger partial charge < -0.3 is 70.1 Å². The Hall–Kier alpha value is -0.200. The van der Waals surface area contributed by atoms with Crippen LogP contribution < -0.4 is 10.2 Å². The summed E-state index contributed by atoms with van der Waals surface area (Å²) < 4.78 is 8.55. The van der Waals surface area contributed by atoms with Gasteiger partial charge in [0, 0.05) is 0 Å². The third-order valence-corrected chi connectivity index (χ3v) is 3.64. The Morgan fingerprint density at radius 2 is 0.815 bits per heavy atom. The third kappa shape index (κ3) is 6.40. The number of aliphatic hydroxyl groups excluding tert-OH is 8. The first-order valence-electron chi connectivity index (χ1n) is 7.07. The van der Waals surface area contributed by atoms with Gasteiger partial charge in [-0.25, -0.2) is 0 Å². The van der Waals surface area contributed by atoms with Crippen molar-refractivity contribution in [3.63, 3.8) is 0 Å². The van der Waals surface area contributed by atoms with Crippen LogP contribution in [0, 0.1) is 0 Å². The van der Waals surface area contributed by atoms with E-state index in [0.29, 0.717) is 0 Å². The van der Waals surface area contributed by atoms with Gasteiger partial charge in [0.2, 0.25) is 0 Å². The Morgan fingerprint density at radius 3 is 1.04 bits per heavy atom. The molecule has 0 aliphatic carbocycles. The molecular formula is C12H18CaO14. The average Bonchev–Trinajstić information content (AvgIpc) is 2.57. The molecule has 15 heteroatoms. The average molecular weight is 426 g/mol. The second-order valence-corrected chi connectivity index (χ2v) is 5.48. The van der Waals surface area contributed by atoms with Crippen LogP contribution in [0.3, 0.4) is 0 Å². The topological polar surface area (TPSA) is 261 Å². The molecule has 27 heavy (non-hydrogen) atoms. The second kappa shape index (κ2) is 11.1. The number of aliphatic hydroxyl groups is 8. The molecule has 152 valence electrons. The standard InChI is InChI=1S/2C6H10O7.Ca/c2*7-1-2(8)4(5(10)11)13-6(12)3(1)9;/h2*1-4,6-9,12H,(H,10,11);/q;;+2/p-2/t2*1-,2-,3-,4+,6+;/m00./s1. The van der Waals surface area contributed by atoms with E-state index < -0.39 is 73.4 Å². The van der Waals surface area contributed by atoms with Crippen molar-refractivity contribution >= 4 is 49.7 Å². The smallest absolute Gasteiger partial charge is 0.547 e. The molecule has 2 rings (SSSR count). The van der Waals surface area contributed by atoms with Gasteiger partial charge in [0.05, 0.1) is 11.9 Å². The summed E-state index contributed by atoms with van der Waals surface area (Å²) >= 11 is 0. The first-order chi connectivity index (χ1) is 11.9. The number of carboxylic acid groups (broad SMARTS) is 2. The number of aliphatic carboxylic acids is 2. The molecule has 10 atom stereocenters. The van der Waals surface area contributed by atoms with Crippen LogP contribution in [-0.4, -0.2) is 152 Å². The van der Waals surface area contributed by atoms with E-state index in [1.165, 1.54) is 0 Å². The summed E-state index contributed by atoms with van der Waals surface area (Å²) in [7, 11) is 0.